The summed E-state index contributed by atoms with van der Waals surface area (Å²) in [4.78, 5) is 19.1. The smallest absolute Gasteiger partial charge is 0.325 e. The van der Waals surface area contributed by atoms with Crippen molar-refractivity contribution in [1.29, 1.82) is 0 Å². The predicted molar refractivity (Wildman–Crippen MR) is 127 cm³/mol. The maximum absolute atomic E-state index is 13.1. The van der Waals surface area contributed by atoms with Crippen molar-refractivity contribution < 1.29 is 31.1 Å². The number of rotatable bonds is 3. The summed E-state index contributed by atoms with van der Waals surface area (Å²) in [6.07, 6.45) is -7.06. The molecule has 0 saturated carbocycles. The highest BCUT2D eigenvalue weighted by Gasteiger charge is 2.54. The molecule has 37 heavy (non-hydrogen) atoms. The molecule has 3 heterocycles. The Morgan fingerprint density at radius 3 is 2.32 bits per heavy atom. The fraction of sp³-hybridized carbons (Fsp3) is 0.217. The van der Waals surface area contributed by atoms with E-state index in [1.807, 2.05) is 0 Å². The van der Waals surface area contributed by atoms with Gasteiger partial charge in [-0.25, -0.2) is 0 Å². The Balaban J connectivity index is 1.47. The monoisotopic (exact) mass is 522 g/mol. The molecule has 0 aliphatic carbocycles. The molecule has 192 valence electrons. The molecule has 3 aliphatic heterocycles. The van der Waals surface area contributed by atoms with Crippen molar-refractivity contribution in [2.45, 2.75) is 31.9 Å². The standard InChI is InChI=1S/C23H17F6N7O/c1-21(2)16-8-3-13(11-17(16)32-19(21)37)31-20-33-18-12-30-9-10-36(18,34-20)15-6-4-14(5-7-15)35(22(24,25)26)23(27,28)29/h3-12H,1-2H3,(H-,31,32,34,37)/p+1. The van der Waals surface area contributed by atoms with Crippen LogP contribution in [0.1, 0.15) is 19.4 Å². The number of anilines is 3. The van der Waals surface area contributed by atoms with Crippen LogP contribution in [0.3, 0.4) is 0 Å². The summed E-state index contributed by atoms with van der Waals surface area (Å²) in [7, 11) is 0. The second kappa shape index (κ2) is 7.90. The lowest BCUT2D eigenvalue weighted by atomic mass is 9.86. The molecule has 0 bridgehead atoms. The van der Waals surface area contributed by atoms with Crippen molar-refractivity contribution in [2.24, 2.45) is 15.1 Å². The number of carbonyl (C=O) groups is 1. The minimum atomic E-state index is -5.66. The zero-order chi connectivity index (χ0) is 26.8. The Labute approximate surface area is 205 Å². The van der Waals surface area contributed by atoms with Gasteiger partial charge in [-0.1, -0.05) is 10.7 Å². The van der Waals surface area contributed by atoms with Crippen molar-refractivity contribution in [1.82, 2.24) is 4.59 Å². The fourth-order valence-corrected chi connectivity index (χ4v) is 4.27. The highest BCUT2D eigenvalue weighted by atomic mass is 19.4. The van der Waals surface area contributed by atoms with Crippen molar-refractivity contribution in [2.75, 3.05) is 15.5 Å². The molecule has 2 aromatic carbocycles. The summed E-state index contributed by atoms with van der Waals surface area (Å²) < 4.78 is 78.0. The van der Waals surface area contributed by atoms with E-state index in [2.05, 4.69) is 25.7 Å². The van der Waals surface area contributed by atoms with Crippen LogP contribution in [0.15, 0.2) is 70.0 Å². The lowest BCUT2D eigenvalue weighted by molar-refractivity contribution is -0.226. The van der Waals surface area contributed by atoms with Crippen LogP contribution in [0.4, 0.5) is 49.1 Å². The van der Waals surface area contributed by atoms with Gasteiger partial charge in [0.25, 0.3) is 11.8 Å². The molecule has 0 radical (unpaired) electrons. The van der Waals surface area contributed by atoms with Gasteiger partial charge in [-0.3, -0.25) is 9.79 Å². The number of guanidine groups is 1. The molecule has 14 heteroatoms. The molecule has 5 rings (SSSR count). The number of hydrogen-bond donors (Lipinski definition) is 2. The number of amides is 1. The first-order chi connectivity index (χ1) is 17.2. The number of nitrogens with zero attached hydrogens (tertiary/aromatic N) is 5. The number of benzene rings is 2. The molecular formula is C23H18F6N7O+. The molecular weight excluding hydrogens is 504 g/mol. The van der Waals surface area contributed by atoms with E-state index in [-0.39, 0.29) is 23.4 Å². The van der Waals surface area contributed by atoms with Gasteiger partial charge in [-0.05, 0) is 48.8 Å². The maximum atomic E-state index is 13.1. The molecule has 1 unspecified atom stereocenters. The second-order valence-corrected chi connectivity index (χ2v) is 8.91. The number of hydrogen-bond acceptors (Lipinski definition) is 6. The van der Waals surface area contributed by atoms with Gasteiger partial charge in [0, 0.05) is 23.5 Å². The first kappa shape index (κ1) is 24.5. The van der Waals surface area contributed by atoms with E-state index < -0.39 is 33.2 Å². The normalized spacial score (nSPS) is 21.7. The number of amidine groups is 1. The molecule has 8 nitrogen and oxygen atoms in total. The van der Waals surface area contributed by atoms with E-state index in [4.69, 9.17) is 0 Å². The Morgan fingerprint density at radius 2 is 1.68 bits per heavy atom. The molecule has 3 aliphatic rings. The lowest BCUT2D eigenvalue weighted by Crippen LogP contribution is -2.48. The van der Waals surface area contributed by atoms with Crippen LogP contribution < -0.4 is 20.1 Å². The summed E-state index contributed by atoms with van der Waals surface area (Å²) >= 11 is 0. The minimum absolute atomic E-state index is 0.118. The van der Waals surface area contributed by atoms with Gasteiger partial charge in [0.05, 0.1) is 17.3 Å². The Morgan fingerprint density at radius 1 is 1.00 bits per heavy atom. The molecule has 0 saturated heterocycles. The molecule has 0 aromatic heterocycles. The van der Waals surface area contributed by atoms with Gasteiger partial charge in [0.2, 0.25) is 5.91 Å². The number of alkyl halides is 6. The van der Waals surface area contributed by atoms with Crippen LogP contribution in [-0.4, -0.2) is 36.5 Å². The Hall–Kier alpha value is -4.20. The Bertz CT molecular complexity index is 1390. The van der Waals surface area contributed by atoms with Crippen molar-refractivity contribution in [3.63, 3.8) is 0 Å². The third kappa shape index (κ3) is 4.02. The minimum Gasteiger partial charge on any atom is -0.325 e. The lowest BCUT2D eigenvalue weighted by Gasteiger charge is -2.29. The number of fused-ring (bicyclic) bond motifs is 2. The van der Waals surface area contributed by atoms with Crippen LogP contribution in [0, 0.1) is 0 Å². The summed E-state index contributed by atoms with van der Waals surface area (Å²) in [5.74, 6) is 0.240. The average molecular weight is 522 g/mol. The number of halogens is 6. The van der Waals surface area contributed by atoms with Crippen LogP contribution >= 0.6 is 0 Å². The molecule has 2 N–H and O–H groups in total. The number of nitrogens with one attached hydrogen (secondary N) is 2. The van der Waals surface area contributed by atoms with Crippen molar-refractivity contribution in [3.05, 3.63) is 60.4 Å². The van der Waals surface area contributed by atoms with Gasteiger partial charge in [0.1, 0.15) is 6.21 Å². The highest BCUT2D eigenvalue weighted by Crippen LogP contribution is 2.41. The molecule has 0 fully saturated rings. The summed E-state index contributed by atoms with van der Waals surface area (Å²) in [5, 5.41) is 10.4. The zero-order valence-corrected chi connectivity index (χ0v) is 19.2. The number of carbonyl (C=O) groups excluding carboxylic acids is 1. The van der Waals surface area contributed by atoms with Crippen LogP contribution in [0.25, 0.3) is 0 Å². The van der Waals surface area contributed by atoms with Gasteiger partial charge in [-0.2, -0.15) is 9.89 Å². The molecule has 2 aromatic rings. The number of quaternary nitrogens is 1. The van der Waals surface area contributed by atoms with Crippen LogP contribution in [-0.2, 0) is 10.2 Å². The van der Waals surface area contributed by atoms with Gasteiger partial charge in [-0.15, -0.1) is 26.3 Å². The van der Waals surface area contributed by atoms with E-state index in [1.165, 1.54) is 18.6 Å². The number of aliphatic imine (C=N–C) groups is 2. The summed E-state index contributed by atoms with van der Waals surface area (Å²) in [6.45, 7) is 3.61. The largest absolute Gasteiger partial charge is 0.491 e. The highest BCUT2D eigenvalue weighted by molar-refractivity contribution is 6.38. The van der Waals surface area contributed by atoms with Crippen molar-refractivity contribution >= 4 is 46.7 Å². The SMILES string of the molecule is CC1(C)C(=O)Nc2cc(NC3=N[N+]4(c5ccc(N(C(F)(F)F)C(F)(F)F)cc5)C=CN=CC4=N3)ccc21. The van der Waals surface area contributed by atoms with Gasteiger partial charge >= 0.3 is 12.6 Å². The topological polar surface area (TPSA) is 81.5 Å². The van der Waals surface area contributed by atoms with E-state index >= 15 is 0 Å². The Kier molecular flexibility index (Phi) is 5.23. The quantitative estimate of drug-likeness (QED) is 0.321. The summed E-state index contributed by atoms with van der Waals surface area (Å²) in [6, 6.07) is 8.90. The van der Waals surface area contributed by atoms with Gasteiger partial charge in [0.15, 0.2) is 11.9 Å². The fourth-order valence-electron chi connectivity index (χ4n) is 4.27. The van der Waals surface area contributed by atoms with Crippen LogP contribution in [0.5, 0.6) is 0 Å². The molecule has 1 amide bonds. The molecule has 0 spiro atoms. The summed E-state index contributed by atoms with van der Waals surface area (Å²) in [5.41, 5.74) is 0.457. The third-order valence-corrected chi connectivity index (χ3v) is 6.15. The van der Waals surface area contributed by atoms with Crippen LogP contribution in [0.2, 0.25) is 0 Å². The first-order valence-electron chi connectivity index (χ1n) is 10.8. The van der Waals surface area contributed by atoms with E-state index in [1.54, 1.807) is 32.0 Å². The van der Waals surface area contributed by atoms with Crippen molar-refractivity contribution in [3.8, 4) is 0 Å². The third-order valence-electron chi connectivity index (χ3n) is 6.15. The van der Waals surface area contributed by atoms with E-state index in [0.717, 1.165) is 17.7 Å². The predicted octanol–water partition coefficient (Wildman–Crippen LogP) is 5.42. The van der Waals surface area contributed by atoms with Gasteiger partial charge < -0.3 is 10.6 Å². The van der Waals surface area contributed by atoms with E-state index in [0.29, 0.717) is 23.5 Å². The first-order valence-corrected chi connectivity index (χ1v) is 10.8. The zero-order valence-electron chi connectivity index (χ0n) is 19.2. The maximum Gasteiger partial charge on any atom is 0.491 e. The average Bonchev–Trinajstić information content (AvgIpc) is 3.26. The second-order valence-electron chi connectivity index (χ2n) is 8.91. The van der Waals surface area contributed by atoms with E-state index in [9.17, 15) is 31.1 Å². The molecule has 1 atom stereocenters.